The second-order valence-corrected chi connectivity index (χ2v) is 8.70. The molecule has 0 saturated carbocycles. The lowest BCUT2D eigenvalue weighted by molar-refractivity contribution is -0.0426. The summed E-state index contributed by atoms with van der Waals surface area (Å²) in [5.74, 6) is 0.277. The first-order valence-electron chi connectivity index (χ1n) is 7.50. The number of hydrogen-bond donors (Lipinski definition) is 0. The van der Waals surface area contributed by atoms with Gasteiger partial charge in [-0.1, -0.05) is 0 Å². The Kier molecular flexibility index (Phi) is 4.81. The number of ketones is 1. The first-order chi connectivity index (χ1) is 12.6. The second kappa shape index (κ2) is 6.68. The van der Waals surface area contributed by atoms with Crippen LogP contribution in [0.5, 0.6) is 11.5 Å². The Morgan fingerprint density at radius 2 is 1.74 bits per heavy atom. The number of fused-ring (bicyclic) bond motifs is 1. The van der Waals surface area contributed by atoms with Crippen molar-refractivity contribution in [3.63, 3.8) is 0 Å². The van der Waals surface area contributed by atoms with E-state index in [1.165, 1.54) is 20.3 Å². The number of thiophene rings is 1. The van der Waals surface area contributed by atoms with Gasteiger partial charge >= 0.3 is 5.51 Å². The molecule has 1 aliphatic carbocycles. The molecule has 0 unspecified atom stereocenters. The standard InChI is InChI=1S/C17H13F3O5S2/c1-24-13-4-3-9(5-14(13)25-2)15-8-11-12(21)6-10(7-16(11)26-15)27(22,23)17(18,19)20/h3-5,7-8H,6H2,1-2H3. The van der Waals surface area contributed by atoms with Crippen LogP contribution >= 0.6 is 11.3 Å². The molecule has 1 aliphatic rings. The van der Waals surface area contributed by atoms with Crippen molar-refractivity contribution in [1.29, 1.82) is 0 Å². The van der Waals surface area contributed by atoms with Crippen LogP contribution in [-0.4, -0.2) is 33.9 Å². The van der Waals surface area contributed by atoms with E-state index < -0.39 is 32.5 Å². The Labute approximate surface area is 156 Å². The molecule has 0 saturated heterocycles. The summed E-state index contributed by atoms with van der Waals surface area (Å²) in [5, 5.41) is 0. The molecule has 0 fully saturated rings. The molecule has 3 rings (SSSR count). The summed E-state index contributed by atoms with van der Waals surface area (Å²) in [6.07, 6.45) is 0.116. The van der Waals surface area contributed by atoms with Crippen molar-refractivity contribution in [3.05, 3.63) is 39.6 Å². The molecule has 1 heterocycles. The fraction of sp³-hybridized carbons (Fsp3) is 0.235. The number of rotatable bonds is 4. The summed E-state index contributed by atoms with van der Waals surface area (Å²) >= 11 is 1.03. The van der Waals surface area contributed by atoms with Gasteiger partial charge in [0.25, 0.3) is 9.84 Å². The van der Waals surface area contributed by atoms with E-state index >= 15 is 0 Å². The highest BCUT2D eigenvalue weighted by Crippen LogP contribution is 2.42. The van der Waals surface area contributed by atoms with Crippen LogP contribution in [0.3, 0.4) is 0 Å². The van der Waals surface area contributed by atoms with Crippen LogP contribution in [-0.2, 0) is 9.84 Å². The number of alkyl halides is 3. The third kappa shape index (κ3) is 3.34. The Bertz CT molecular complexity index is 1050. The molecular weight excluding hydrogens is 405 g/mol. The molecule has 10 heteroatoms. The maximum Gasteiger partial charge on any atom is 0.501 e. The predicted octanol–water partition coefficient (Wildman–Crippen LogP) is 4.29. The monoisotopic (exact) mass is 418 g/mol. The number of allylic oxidation sites excluding steroid dienone is 1. The number of carbonyl (C=O) groups excluding carboxylic acids is 1. The van der Waals surface area contributed by atoms with E-state index in [9.17, 15) is 26.4 Å². The van der Waals surface area contributed by atoms with E-state index in [1.54, 1.807) is 18.2 Å². The fourth-order valence-corrected chi connectivity index (χ4v) is 4.74. The number of carbonyl (C=O) groups is 1. The van der Waals surface area contributed by atoms with Crippen molar-refractivity contribution in [1.82, 2.24) is 0 Å². The zero-order valence-corrected chi connectivity index (χ0v) is 15.7. The minimum atomic E-state index is -5.54. The van der Waals surface area contributed by atoms with Crippen LogP contribution in [0.2, 0.25) is 0 Å². The molecule has 0 bridgehead atoms. The molecular formula is C17H13F3O5S2. The van der Waals surface area contributed by atoms with Crippen LogP contribution in [0.1, 0.15) is 21.7 Å². The minimum absolute atomic E-state index is 0.179. The molecule has 27 heavy (non-hydrogen) atoms. The van der Waals surface area contributed by atoms with E-state index in [0.29, 0.717) is 21.9 Å². The highest BCUT2D eigenvalue weighted by atomic mass is 32.2. The first-order valence-corrected chi connectivity index (χ1v) is 9.80. The van der Waals surface area contributed by atoms with Crippen LogP contribution in [0.4, 0.5) is 13.2 Å². The summed E-state index contributed by atoms with van der Waals surface area (Å²) in [6.45, 7) is 0. The van der Waals surface area contributed by atoms with Gasteiger partial charge in [0.1, 0.15) is 0 Å². The van der Waals surface area contributed by atoms with Gasteiger partial charge in [-0.25, -0.2) is 8.42 Å². The summed E-state index contributed by atoms with van der Waals surface area (Å²) in [6, 6.07) is 6.57. The molecule has 2 aromatic rings. The van der Waals surface area contributed by atoms with Crippen molar-refractivity contribution in [3.8, 4) is 21.9 Å². The molecule has 0 amide bonds. The van der Waals surface area contributed by atoms with Crippen molar-refractivity contribution < 1.29 is 35.9 Å². The van der Waals surface area contributed by atoms with Gasteiger partial charge in [0.05, 0.1) is 19.1 Å². The highest BCUT2D eigenvalue weighted by Gasteiger charge is 2.49. The summed E-state index contributed by atoms with van der Waals surface area (Å²) in [5.41, 5.74) is -4.58. The molecule has 0 N–H and O–H groups in total. The maximum atomic E-state index is 12.8. The summed E-state index contributed by atoms with van der Waals surface area (Å²) in [4.78, 5) is 12.1. The largest absolute Gasteiger partial charge is 0.501 e. The van der Waals surface area contributed by atoms with Gasteiger partial charge in [0.15, 0.2) is 17.3 Å². The summed E-state index contributed by atoms with van der Waals surface area (Å²) in [7, 11) is -2.60. The van der Waals surface area contributed by atoms with Crippen LogP contribution < -0.4 is 9.47 Å². The molecule has 0 radical (unpaired) electrons. The topological polar surface area (TPSA) is 69.7 Å². The Hall–Kier alpha value is -2.33. The third-order valence-corrected chi connectivity index (χ3v) is 6.70. The zero-order valence-electron chi connectivity index (χ0n) is 14.1. The van der Waals surface area contributed by atoms with Gasteiger partial charge in [-0.3, -0.25) is 4.79 Å². The third-order valence-electron chi connectivity index (χ3n) is 4.01. The van der Waals surface area contributed by atoms with Crippen LogP contribution in [0.25, 0.3) is 16.5 Å². The SMILES string of the molecule is COc1ccc(-c2cc3c(s2)C=C(S(=O)(=O)C(F)(F)F)CC3=O)cc1OC. The van der Waals surface area contributed by atoms with Crippen molar-refractivity contribution in [2.45, 2.75) is 11.9 Å². The minimum Gasteiger partial charge on any atom is -0.493 e. The Morgan fingerprint density at radius 1 is 1.07 bits per heavy atom. The maximum absolute atomic E-state index is 12.8. The summed E-state index contributed by atoms with van der Waals surface area (Å²) < 4.78 is 72.0. The first kappa shape index (κ1) is 19.4. The van der Waals surface area contributed by atoms with Gasteiger partial charge < -0.3 is 9.47 Å². The number of ether oxygens (including phenoxy) is 2. The number of methoxy groups -OCH3 is 2. The lowest BCUT2D eigenvalue weighted by atomic mass is 10.0. The van der Waals surface area contributed by atoms with Gasteiger partial charge in [-0.05, 0) is 35.9 Å². The van der Waals surface area contributed by atoms with Crippen LogP contribution in [0.15, 0.2) is 29.2 Å². The van der Waals surface area contributed by atoms with Crippen molar-refractivity contribution in [2.24, 2.45) is 0 Å². The number of benzene rings is 1. The van der Waals surface area contributed by atoms with Crippen molar-refractivity contribution in [2.75, 3.05) is 14.2 Å². The smallest absolute Gasteiger partial charge is 0.493 e. The molecule has 0 atom stereocenters. The van der Waals surface area contributed by atoms with E-state index in [-0.39, 0.29) is 10.4 Å². The van der Waals surface area contributed by atoms with E-state index in [2.05, 4.69) is 0 Å². The van der Waals surface area contributed by atoms with Gasteiger partial charge in [0.2, 0.25) is 0 Å². The average Bonchev–Trinajstić information content (AvgIpc) is 3.05. The number of Topliss-reactive ketones (excluding diaryl/α,β-unsaturated/α-hetero) is 1. The van der Waals surface area contributed by atoms with Gasteiger partial charge in [-0.15, -0.1) is 11.3 Å². The molecule has 0 aliphatic heterocycles. The Balaban J connectivity index is 2.08. The predicted molar refractivity (Wildman–Crippen MR) is 94.8 cm³/mol. The van der Waals surface area contributed by atoms with Crippen LogP contribution in [0, 0.1) is 0 Å². The normalized spacial score (nSPS) is 14.6. The second-order valence-electron chi connectivity index (χ2n) is 5.62. The van der Waals surface area contributed by atoms with E-state index in [1.807, 2.05) is 0 Å². The molecule has 1 aromatic heterocycles. The quantitative estimate of drug-likeness (QED) is 0.741. The molecule has 1 aromatic carbocycles. The number of halogens is 3. The lowest BCUT2D eigenvalue weighted by Gasteiger charge is -2.14. The zero-order chi connectivity index (χ0) is 20.0. The Morgan fingerprint density at radius 3 is 2.33 bits per heavy atom. The van der Waals surface area contributed by atoms with E-state index in [0.717, 1.165) is 17.4 Å². The number of sulfone groups is 1. The fourth-order valence-electron chi connectivity index (χ4n) is 2.63. The molecule has 144 valence electrons. The lowest BCUT2D eigenvalue weighted by Crippen LogP contribution is -2.26. The van der Waals surface area contributed by atoms with E-state index in [4.69, 9.17) is 9.47 Å². The average molecular weight is 418 g/mol. The molecule has 0 spiro atoms. The highest BCUT2D eigenvalue weighted by molar-refractivity contribution is 7.96. The van der Waals surface area contributed by atoms with Gasteiger partial charge in [-0.2, -0.15) is 13.2 Å². The van der Waals surface area contributed by atoms with Gasteiger partial charge in [0, 0.05) is 21.7 Å². The molecule has 5 nitrogen and oxygen atoms in total. The van der Waals surface area contributed by atoms with Crippen molar-refractivity contribution >= 4 is 33.0 Å². The number of hydrogen-bond acceptors (Lipinski definition) is 6.